The van der Waals surface area contributed by atoms with Gasteiger partial charge in [-0.15, -0.1) is 0 Å². The van der Waals surface area contributed by atoms with Crippen molar-refractivity contribution in [1.29, 1.82) is 0 Å². The quantitative estimate of drug-likeness (QED) is 0.0561. The minimum atomic E-state index is -1.56. The maximum Gasteiger partial charge on any atom is 0.326 e. The fourth-order valence-corrected chi connectivity index (χ4v) is 3.38. The van der Waals surface area contributed by atoms with Gasteiger partial charge in [0.15, 0.2) is 5.96 Å². The molecular formula is C22H37N9O7. The third-order valence-electron chi connectivity index (χ3n) is 5.25. The lowest BCUT2D eigenvalue weighted by Crippen LogP contribution is -2.58. The molecule has 12 N–H and O–H groups in total. The summed E-state index contributed by atoms with van der Waals surface area (Å²) < 4.78 is 0. The average Bonchev–Trinajstić information content (AvgIpc) is 3.32. The zero-order valence-corrected chi connectivity index (χ0v) is 21.3. The van der Waals surface area contributed by atoms with E-state index in [2.05, 4.69) is 30.9 Å². The van der Waals surface area contributed by atoms with E-state index in [-0.39, 0.29) is 37.7 Å². The Balaban J connectivity index is 3.00. The lowest BCUT2D eigenvalue weighted by atomic mass is 10.0. The first-order valence-electron chi connectivity index (χ1n) is 11.9. The second kappa shape index (κ2) is 15.8. The van der Waals surface area contributed by atoms with E-state index in [9.17, 15) is 34.2 Å². The number of H-pyrrole nitrogens is 1. The molecule has 4 unspecified atom stereocenters. The van der Waals surface area contributed by atoms with Gasteiger partial charge in [0.25, 0.3) is 0 Å². The molecule has 16 heteroatoms. The smallest absolute Gasteiger partial charge is 0.326 e. The number of nitrogens with two attached hydrogens (primary N) is 3. The first-order chi connectivity index (χ1) is 17.8. The Morgan fingerprint density at radius 1 is 1.00 bits per heavy atom. The number of aliphatic imine (C=N–C) groups is 1. The van der Waals surface area contributed by atoms with Crippen molar-refractivity contribution in [2.75, 3.05) is 6.54 Å². The second-order valence-corrected chi connectivity index (χ2v) is 9.09. The molecule has 0 aliphatic heterocycles. The van der Waals surface area contributed by atoms with Gasteiger partial charge in [0, 0.05) is 24.9 Å². The topological polar surface area (TPSA) is 281 Å². The summed E-state index contributed by atoms with van der Waals surface area (Å²) >= 11 is 0. The number of aromatic nitrogens is 2. The Bertz CT molecular complexity index is 978. The second-order valence-electron chi connectivity index (χ2n) is 9.09. The first-order valence-corrected chi connectivity index (χ1v) is 11.9. The number of carboxylic acids is 2. The summed E-state index contributed by atoms with van der Waals surface area (Å²) in [6, 6.07) is -5.16. The maximum absolute atomic E-state index is 13.0. The van der Waals surface area contributed by atoms with Gasteiger partial charge < -0.3 is 48.3 Å². The summed E-state index contributed by atoms with van der Waals surface area (Å²) in [6.07, 6.45) is 2.52. The molecule has 1 aromatic rings. The van der Waals surface area contributed by atoms with Gasteiger partial charge >= 0.3 is 11.9 Å². The van der Waals surface area contributed by atoms with Crippen LogP contribution in [0.15, 0.2) is 17.5 Å². The molecule has 0 radical (unpaired) electrons. The molecule has 0 fully saturated rings. The Morgan fingerprint density at radius 3 is 2.13 bits per heavy atom. The molecule has 212 valence electrons. The molecule has 0 aliphatic rings. The molecule has 0 bridgehead atoms. The van der Waals surface area contributed by atoms with E-state index in [0.29, 0.717) is 12.1 Å². The number of carbonyl (C=O) groups excluding carboxylic acids is 3. The van der Waals surface area contributed by atoms with Crippen molar-refractivity contribution >= 4 is 35.6 Å². The van der Waals surface area contributed by atoms with Crippen LogP contribution in [0.1, 0.15) is 45.2 Å². The van der Waals surface area contributed by atoms with E-state index in [1.165, 1.54) is 12.5 Å². The van der Waals surface area contributed by atoms with Crippen LogP contribution in [0.5, 0.6) is 0 Å². The molecule has 4 atom stereocenters. The van der Waals surface area contributed by atoms with Gasteiger partial charge in [-0.25, -0.2) is 9.78 Å². The van der Waals surface area contributed by atoms with Crippen LogP contribution in [0, 0.1) is 5.92 Å². The van der Waals surface area contributed by atoms with E-state index in [0.717, 1.165) is 0 Å². The Labute approximate surface area is 219 Å². The zero-order chi connectivity index (χ0) is 28.8. The van der Waals surface area contributed by atoms with Crippen LogP contribution in [-0.4, -0.2) is 86.5 Å². The number of aliphatic carboxylic acids is 2. The van der Waals surface area contributed by atoms with Crippen molar-refractivity contribution in [2.24, 2.45) is 28.1 Å². The highest BCUT2D eigenvalue weighted by molar-refractivity contribution is 5.95. The summed E-state index contributed by atoms with van der Waals surface area (Å²) in [5.74, 6) is -5.35. The van der Waals surface area contributed by atoms with Gasteiger partial charge in [-0.1, -0.05) is 13.8 Å². The largest absolute Gasteiger partial charge is 0.481 e. The normalized spacial score (nSPS) is 14.0. The number of hydrogen-bond acceptors (Lipinski definition) is 8. The molecule has 3 amide bonds. The van der Waals surface area contributed by atoms with Crippen molar-refractivity contribution in [3.8, 4) is 0 Å². The standard InChI is InChI=1S/C22H37N9O7/c1-11(2)6-16(21(37)38)31-19(35)14(7-12-9-26-10-28-12)30-20(36)15(8-17(32)33)29-18(34)13(23)4-3-5-27-22(24)25/h9-11,13-16H,3-8,23H2,1-2H3,(H,26,28)(H,29,34)(H,30,36)(H,31,35)(H,32,33)(H,37,38)(H4,24,25,27). The predicted molar refractivity (Wildman–Crippen MR) is 135 cm³/mol. The lowest BCUT2D eigenvalue weighted by Gasteiger charge is -2.25. The number of nitrogens with one attached hydrogen (secondary N) is 4. The van der Waals surface area contributed by atoms with Gasteiger partial charge in [0.2, 0.25) is 17.7 Å². The number of rotatable bonds is 17. The predicted octanol–water partition coefficient (Wildman–Crippen LogP) is -2.61. The van der Waals surface area contributed by atoms with Crippen molar-refractivity contribution in [3.63, 3.8) is 0 Å². The highest BCUT2D eigenvalue weighted by Gasteiger charge is 2.32. The number of amides is 3. The molecule has 1 aromatic heterocycles. The number of imidazole rings is 1. The van der Waals surface area contributed by atoms with Crippen LogP contribution in [0.25, 0.3) is 0 Å². The van der Waals surface area contributed by atoms with Crippen LogP contribution in [0.2, 0.25) is 0 Å². The molecule has 0 spiro atoms. The van der Waals surface area contributed by atoms with Gasteiger partial charge in [-0.2, -0.15) is 0 Å². The van der Waals surface area contributed by atoms with Crippen LogP contribution in [0.4, 0.5) is 0 Å². The summed E-state index contributed by atoms with van der Waals surface area (Å²) in [5, 5.41) is 25.8. The van der Waals surface area contributed by atoms with E-state index in [1.807, 2.05) is 0 Å². The number of nitrogens with zero attached hydrogens (tertiary/aromatic N) is 2. The Morgan fingerprint density at radius 2 is 1.61 bits per heavy atom. The minimum absolute atomic E-state index is 0.0455. The zero-order valence-electron chi connectivity index (χ0n) is 21.3. The Kier molecular flexibility index (Phi) is 13.2. The fourth-order valence-electron chi connectivity index (χ4n) is 3.38. The number of carboxylic acid groups (broad SMARTS) is 2. The highest BCUT2D eigenvalue weighted by atomic mass is 16.4. The third kappa shape index (κ3) is 12.2. The lowest BCUT2D eigenvalue weighted by molar-refractivity contribution is -0.143. The molecule has 1 heterocycles. The van der Waals surface area contributed by atoms with Crippen LogP contribution >= 0.6 is 0 Å². The molecule has 0 aromatic carbocycles. The van der Waals surface area contributed by atoms with Crippen molar-refractivity contribution in [1.82, 2.24) is 25.9 Å². The average molecular weight is 540 g/mol. The molecule has 1 rings (SSSR count). The fraction of sp³-hybridized carbons (Fsp3) is 0.591. The van der Waals surface area contributed by atoms with E-state index in [4.69, 9.17) is 17.2 Å². The maximum atomic E-state index is 13.0. The summed E-state index contributed by atoms with van der Waals surface area (Å²) in [7, 11) is 0. The van der Waals surface area contributed by atoms with E-state index < -0.39 is 60.2 Å². The van der Waals surface area contributed by atoms with Gasteiger partial charge in [0.1, 0.15) is 18.1 Å². The molecule has 0 aliphatic carbocycles. The summed E-state index contributed by atoms with van der Waals surface area (Å²) in [6.45, 7) is 3.80. The number of hydrogen-bond donors (Lipinski definition) is 9. The molecule has 38 heavy (non-hydrogen) atoms. The highest BCUT2D eigenvalue weighted by Crippen LogP contribution is 2.07. The van der Waals surface area contributed by atoms with Crippen molar-refractivity contribution in [3.05, 3.63) is 18.2 Å². The van der Waals surface area contributed by atoms with Crippen LogP contribution in [-0.2, 0) is 30.4 Å². The van der Waals surface area contributed by atoms with E-state index >= 15 is 0 Å². The Hall–Kier alpha value is -4.21. The summed E-state index contributed by atoms with van der Waals surface area (Å²) in [4.78, 5) is 71.9. The summed E-state index contributed by atoms with van der Waals surface area (Å²) in [5.41, 5.74) is 16.8. The van der Waals surface area contributed by atoms with Crippen molar-refractivity contribution in [2.45, 2.75) is 70.1 Å². The first kappa shape index (κ1) is 31.8. The van der Waals surface area contributed by atoms with Crippen molar-refractivity contribution < 1.29 is 34.2 Å². The third-order valence-corrected chi connectivity index (χ3v) is 5.25. The molecular weight excluding hydrogens is 502 g/mol. The molecule has 0 saturated heterocycles. The molecule has 16 nitrogen and oxygen atoms in total. The van der Waals surface area contributed by atoms with Gasteiger partial charge in [-0.3, -0.25) is 24.2 Å². The monoisotopic (exact) mass is 539 g/mol. The number of guanidine groups is 1. The van der Waals surface area contributed by atoms with Crippen LogP contribution < -0.4 is 33.2 Å². The number of aromatic amines is 1. The molecule has 0 saturated carbocycles. The minimum Gasteiger partial charge on any atom is -0.481 e. The number of carbonyl (C=O) groups is 5. The SMILES string of the molecule is CC(C)CC(NC(=O)C(Cc1cnc[nH]1)NC(=O)C(CC(=O)O)NC(=O)C(N)CCCN=C(N)N)C(=O)O. The van der Waals surface area contributed by atoms with Gasteiger partial charge in [0.05, 0.1) is 18.8 Å². The van der Waals surface area contributed by atoms with Crippen LogP contribution in [0.3, 0.4) is 0 Å². The van der Waals surface area contributed by atoms with Gasteiger partial charge in [-0.05, 0) is 25.2 Å². The van der Waals surface area contributed by atoms with E-state index in [1.54, 1.807) is 13.8 Å².